The highest BCUT2D eigenvalue weighted by molar-refractivity contribution is 6.31. The van der Waals surface area contributed by atoms with Crippen molar-refractivity contribution in [1.29, 1.82) is 0 Å². The van der Waals surface area contributed by atoms with Gasteiger partial charge in [-0.3, -0.25) is 9.59 Å². The Morgan fingerprint density at radius 2 is 2.21 bits per heavy atom. The normalized spacial score (nSPS) is 10.7. The van der Waals surface area contributed by atoms with Crippen LogP contribution in [-0.4, -0.2) is 30.8 Å². The van der Waals surface area contributed by atoms with Gasteiger partial charge in [-0.2, -0.15) is 5.10 Å². The Hall–Kier alpha value is -2.15. The van der Waals surface area contributed by atoms with E-state index in [1.165, 1.54) is 11.0 Å². The molecule has 0 saturated heterocycles. The van der Waals surface area contributed by atoms with Crippen LogP contribution in [0.3, 0.4) is 0 Å². The number of rotatable bonds is 3. The first kappa shape index (κ1) is 13.3. The van der Waals surface area contributed by atoms with E-state index in [-0.39, 0.29) is 17.3 Å². The van der Waals surface area contributed by atoms with Crippen LogP contribution in [0.5, 0.6) is 0 Å². The maximum Gasteiger partial charge on any atom is 0.307 e. The van der Waals surface area contributed by atoms with Crippen molar-refractivity contribution in [3.8, 4) is 5.82 Å². The Morgan fingerprint density at radius 1 is 1.53 bits per heavy atom. The van der Waals surface area contributed by atoms with Crippen LogP contribution in [0.15, 0.2) is 11.1 Å². The summed E-state index contributed by atoms with van der Waals surface area (Å²) in [4.78, 5) is 28.6. The number of H-pyrrole nitrogens is 1. The summed E-state index contributed by atoms with van der Waals surface area (Å²) in [5.74, 6) is -0.765. The van der Waals surface area contributed by atoms with Crippen molar-refractivity contribution in [3.05, 3.63) is 38.7 Å². The number of aryl methyl sites for hydroxylation is 1. The van der Waals surface area contributed by atoms with Crippen molar-refractivity contribution in [1.82, 2.24) is 19.7 Å². The third-order valence-electron chi connectivity index (χ3n) is 2.75. The number of hydrogen-bond acceptors (Lipinski definition) is 4. The molecule has 0 aliphatic heterocycles. The fourth-order valence-corrected chi connectivity index (χ4v) is 1.99. The molecule has 0 aliphatic carbocycles. The molecule has 19 heavy (non-hydrogen) atoms. The van der Waals surface area contributed by atoms with Gasteiger partial charge in [-0.15, -0.1) is 0 Å². The molecule has 0 aliphatic rings. The first-order chi connectivity index (χ1) is 8.91. The molecule has 0 spiro atoms. The van der Waals surface area contributed by atoms with Crippen LogP contribution in [0.2, 0.25) is 5.02 Å². The maximum atomic E-state index is 11.4. The van der Waals surface area contributed by atoms with Gasteiger partial charge in [-0.25, -0.2) is 9.67 Å². The summed E-state index contributed by atoms with van der Waals surface area (Å²) in [6, 6.07) is 0. The van der Waals surface area contributed by atoms with Gasteiger partial charge in [-0.05, 0) is 13.8 Å². The minimum Gasteiger partial charge on any atom is -0.481 e. The number of carboxylic acid groups (broad SMARTS) is 1. The maximum absolute atomic E-state index is 11.4. The summed E-state index contributed by atoms with van der Waals surface area (Å²) < 4.78 is 1.38. The smallest absolute Gasteiger partial charge is 0.307 e. The van der Waals surface area contributed by atoms with Gasteiger partial charge < -0.3 is 10.1 Å². The van der Waals surface area contributed by atoms with Crippen molar-refractivity contribution in [2.75, 3.05) is 0 Å². The number of nitrogens with zero attached hydrogens (tertiary/aromatic N) is 3. The number of carboxylic acids is 1. The number of carbonyl (C=O) groups is 1. The number of halogens is 1. The molecule has 100 valence electrons. The molecule has 0 fully saturated rings. The molecule has 2 aromatic heterocycles. The van der Waals surface area contributed by atoms with E-state index >= 15 is 0 Å². The van der Waals surface area contributed by atoms with E-state index in [4.69, 9.17) is 16.7 Å². The summed E-state index contributed by atoms with van der Waals surface area (Å²) in [6.45, 7) is 3.40. The monoisotopic (exact) mass is 282 g/mol. The Morgan fingerprint density at radius 3 is 2.84 bits per heavy atom. The average Bonchev–Trinajstić information content (AvgIpc) is 2.60. The number of aliphatic carboxylic acids is 1. The fraction of sp³-hybridized carbons (Fsp3) is 0.273. The molecule has 0 amide bonds. The minimum absolute atomic E-state index is 0.0880. The largest absolute Gasteiger partial charge is 0.481 e. The first-order valence-electron chi connectivity index (χ1n) is 5.42. The van der Waals surface area contributed by atoms with E-state index in [1.807, 2.05) is 0 Å². The molecule has 0 aromatic carbocycles. The number of nitrogens with one attached hydrogen (secondary N) is 1. The zero-order valence-electron chi connectivity index (χ0n) is 10.3. The van der Waals surface area contributed by atoms with Crippen LogP contribution in [0, 0.1) is 13.8 Å². The van der Waals surface area contributed by atoms with Crippen molar-refractivity contribution in [3.63, 3.8) is 0 Å². The van der Waals surface area contributed by atoms with Gasteiger partial charge in [0.2, 0.25) is 0 Å². The lowest BCUT2D eigenvalue weighted by Gasteiger charge is -2.04. The van der Waals surface area contributed by atoms with E-state index in [0.717, 1.165) is 0 Å². The molecule has 2 rings (SSSR count). The Balaban J connectivity index is 2.61. The second kappa shape index (κ2) is 4.85. The molecule has 0 bridgehead atoms. The van der Waals surface area contributed by atoms with Crippen LogP contribution < -0.4 is 5.56 Å². The third kappa shape index (κ3) is 2.37. The number of aromatic nitrogens is 4. The Labute approximate surface area is 112 Å². The molecule has 0 saturated carbocycles. The molecular weight excluding hydrogens is 272 g/mol. The molecular formula is C11H11ClN4O3. The lowest BCUT2D eigenvalue weighted by molar-refractivity contribution is -0.136. The second-order valence-corrected chi connectivity index (χ2v) is 4.38. The second-order valence-electron chi connectivity index (χ2n) is 4.00. The molecule has 8 heteroatoms. The lowest BCUT2D eigenvalue weighted by Crippen LogP contribution is -2.13. The van der Waals surface area contributed by atoms with Gasteiger partial charge in [0.15, 0.2) is 10.8 Å². The van der Waals surface area contributed by atoms with Crippen LogP contribution in [0.4, 0.5) is 0 Å². The van der Waals surface area contributed by atoms with E-state index in [9.17, 15) is 9.59 Å². The van der Waals surface area contributed by atoms with Gasteiger partial charge in [0.25, 0.3) is 5.56 Å². The zero-order valence-corrected chi connectivity index (χ0v) is 11.0. The lowest BCUT2D eigenvalue weighted by atomic mass is 10.1. The average molecular weight is 283 g/mol. The highest BCUT2D eigenvalue weighted by Gasteiger charge is 2.18. The third-order valence-corrected chi connectivity index (χ3v) is 3.09. The topological polar surface area (TPSA) is 101 Å². The van der Waals surface area contributed by atoms with Gasteiger partial charge in [0, 0.05) is 11.3 Å². The van der Waals surface area contributed by atoms with Crippen molar-refractivity contribution >= 4 is 17.6 Å². The highest BCUT2D eigenvalue weighted by Crippen LogP contribution is 2.20. The van der Waals surface area contributed by atoms with Crippen molar-refractivity contribution in [2.45, 2.75) is 20.3 Å². The SMILES string of the molecule is Cc1nn(-c2nc[nH]c(=O)c2Cl)c(C)c1CC(=O)O. The van der Waals surface area contributed by atoms with Crippen LogP contribution in [0.1, 0.15) is 17.0 Å². The molecule has 7 nitrogen and oxygen atoms in total. The molecule has 0 radical (unpaired) electrons. The summed E-state index contributed by atoms with van der Waals surface area (Å²) in [5.41, 5.74) is 1.28. The van der Waals surface area contributed by atoms with Gasteiger partial charge in [0.1, 0.15) is 0 Å². The summed E-state index contributed by atoms with van der Waals surface area (Å²) in [6.07, 6.45) is 1.08. The molecule has 2 N–H and O–H groups in total. The summed E-state index contributed by atoms with van der Waals surface area (Å²) in [7, 11) is 0. The van der Waals surface area contributed by atoms with Crippen LogP contribution in [-0.2, 0) is 11.2 Å². The first-order valence-corrected chi connectivity index (χ1v) is 5.80. The quantitative estimate of drug-likeness (QED) is 0.869. The van der Waals surface area contributed by atoms with E-state index in [1.54, 1.807) is 13.8 Å². The van der Waals surface area contributed by atoms with Crippen LogP contribution in [0.25, 0.3) is 5.82 Å². The van der Waals surface area contributed by atoms with E-state index in [0.29, 0.717) is 17.0 Å². The zero-order chi connectivity index (χ0) is 14.2. The predicted octanol–water partition coefficient (Wildman–Crippen LogP) is 0.853. The van der Waals surface area contributed by atoms with E-state index < -0.39 is 11.5 Å². The molecule has 2 heterocycles. The predicted molar refractivity (Wildman–Crippen MR) is 67.8 cm³/mol. The number of aromatic amines is 1. The minimum atomic E-state index is -0.948. The standard InChI is InChI=1S/C11H11ClN4O3/c1-5-7(3-8(17)18)6(2)16(15-5)10-9(12)11(19)14-4-13-10/h4H,3H2,1-2H3,(H,17,18)(H,13,14,19). The van der Waals surface area contributed by atoms with Gasteiger partial charge in [0.05, 0.1) is 18.4 Å². The molecule has 0 unspecified atom stereocenters. The summed E-state index contributed by atoms with van der Waals surface area (Å²) in [5, 5.41) is 13.0. The van der Waals surface area contributed by atoms with Gasteiger partial charge in [-0.1, -0.05) is 11.6 Å². The number of hydrogen-bond donors (Lipinski definition) is 2. The fourth-order valence-electron chi connectivity index (χ4n) is 1.81. The van der Waals surface area contributed by atoms with Gasteiger partial charge >= 0.3 is 5.97 Å². The Bertz CT molecular complexity index is 704. The van der Waals surface area contributed by atoms with Crippen LogP contribution >= 0.6 is 11.6 Å². The highest BCUT2D eigenvalue weighted by atomic mass is 35.5. The van der Waals surface area contributed by atoms with E-state index in [2.05, 4.69) is 15.1 Å². The van der Waals surface area contributed by atoms with Crippen molar-refractivity contribution in [2.24, 2.45) is 0 Å². The summed E-state index contributed by atoms with van der Waals surface area (Å²) >= 11 is 5.88. The molecule has 0 atom stereocenters. The Kier molecular flexibility index (Phi) is 3.39. The molecule has 2 aromatic rings. The van der Waals surface area contributed by atoms with Crippen molar-refractivity contribution < 1.29 is 9.90 Å².